The van der Waals surface area contributed by atoms with E-state index in [0.29, 0.717) is 4.31 Å². The minimum absolute atomic E-state index is 0.0251. The van der Waals surface area contributed by atoms with E-state index in [9.17, 15) is 18.0 Å². The summed E-state index contributed by atoms with van der Waals surface area (Å²) in [6, 6.07) is 3.39. The Morgan fingerprint density at radius 2 is 2.11 bits per heavy atom. The maximum atomic E-state index is 12.1. The van der Waals surface area contributed by atoms with Crippen molar-refractivity contribution in [2.75, 3.05) is 6.54 Å². The number of fused-ring (bicyclic) bond motifs is 1. The fourth-order valence-electron chi connectivity index (χ4n) is 1.72. The molecule has 98 valence electrons. The van der Waals surface area contributed by atoms with Crippen LogP contribution >= 0.6 is 0 Å². The molecule has 7 heteroatoms. The predicted octanol–water partition coefficient (Wildman–Crippen LogP) is 0.553. The van der Waals surface area contributed by atoms with Gasteiger partial charge in [-0.25, -0.2) is 17.5 Å². The average Bonchev–Trinajstić information content (AvgIpc) is 2.55. The van der Waals surface area contributed by atoms with Crippen LogP contribution in [0.3, 0.4) is 0 Å². The van der Waals surface area contributed by atoms with Gasteiger partial charge in [0.1, 0.15) is 4.90 Å². The van der Waals surface area contributed by atoms with Crippen molar-refractivity contribution in [2.24, 2.45) is 0 Å². The number of nitrogens with zero attached hydrogens (tertiary/aromatic N) is 1. The van der Waals surface area contributed by atoms with E-state index in [1.54, 1.807) is 0 Å². The predicted molar refractivity (Wildman–Crippen MR) is 65.1 cm³/mol. The first-order valence-electron chi connectivity index (χ1n) is 5.23. The second-order valence-corrected chi connectivity index (χ2v) is 5.59. The maximum absolute atomic E-state index is 12.1. The third kappa shape index (κ3) is 1.96. The van der Waals surface area contributed by atoms with Crippen molar-refractivity contribution in [3.05, 3.63) is 29.3 Å². The molecular formula is C12H9NO5S. The van der Waals surface area contributed by atoms with E-state index in [1.807, 2.05) is 0 Å². The van der Waals surface area contributed by atoms with Crippen molar-refractivity contribution in [3.63, 3.8) is 0 Å². The molecule has 0 spiro atoms. The number of carboxylic acids is 1. The van der Waals surface area contributed by atoms with Crippen molar-refractivity contribution in [2.45, 2.75) is 11.8 Å². The lowest BCUT2D eigenvalue weighted by Gasteiger charge is -2.10. The summed E-state index contributed by atoms with van der Waals surface area (Å²) in [4.78, 5) is 22.5. The first-order chi connectivity index (χ1) is 8.89. The van der Waals surface area contributed by atoms with E-state index in [4.69, 9.17) is 5.11 Å². The van der Waals surface area contributed by atoms with Crippen LogP contribution in [-0.2, 0) is 10.0 Å². The van der Waals surface area contributed by atoms with Gasteiger partial charge in [-0.1, -0.05) is 5.92 Å². The average molecular weight is 279 g/mol. The molecule has 0 atom stereocenters. The number of benzene rings is 1. The second-order valence-electron chi connectivity index (χ2n) is 3.76. The first kappa shape index (κ1) is 13.1. The van der Waals surface area contributed by atoms with Crippen LogP contribution < -0.4 is 0 Å². The quantitative estimate of drug-likeness (QED) is 0.798. The number of hydrogen-bond donors (Lipinski definition) is 1. The van der Waals surface area contributed by atoms with Gasteiger partial charge in [-0.15, -0.1) is 5.92 Å². The van der Waals surface area contributed by atoms with Crippen LogP contribution in [0.15, 0.2) is 23.1 Å². The minimum atomic E-state index is -4.01. The molecule has 0 aromatic heterocycles. The molecule has 0 bridgehead atoms. The number of carbonyl (C=O) groups is 2. The third-order valence-corrected chi connectivity index (χ3v) is 4.42. The highest BCUT2D eigenvalue weighted by molar-refractivity contribution is 7.90. The molecular weight excluding hydrogens is 270 g/mol. The molecule has 0 saturated carbocycles. The maximum Gasteiger partial charge on any atom is 0.335 e. The topological polar surface area (TPSA) is 91.8 Å². The van der Waals surface area contributed by atoms with E-state index >= 15 is 0 Å². The molecule has 1 aliphatic heterocycles. The van der Waals surface area contributed by atoms with Gasteiger partial charge in [0.05, 0.1) is 17.7 Å². The summed E-state index contributed by atoms with van der Waals surface area (Å²) >= 11 is 0. The smallest absolute Gasteiger partial charge is 0.335 e. The van der Waals surface area contributed by atoms with Crippen molar-refractivity contribution < 1.29 is 23.1 Å². The third-order valence-electron chi connectivity index (χ3n) is 2.65. The molecule has 1 amide bonds. The molecule has 2 rings (SSSR count). The molecule has 0 unspecified atom stereocenters. The van der Waals surface area contributed by atoms with Gasteiger partial charge in [-0.05, 0) is 25.1 Å². The Kier molecular flexibility index (Phi) is 3.04. The van der Waals surface area contributed by atoms with Crippen LogP contribution in [0, 0.1) is 11.8 Å². The molecule has 1 heterocycles. The summed E-state index contributed by atoms with van der Waals surface area (Å²) in [6.07, 6.45) is 0. The Bertz CT molecular complexity index is 739. The Hall–Kier alpha value is -2.33. The fraction of sp³-hybridized carbons (Fsp3) is 0.167. The van der Waals surface area contributed by atoms with Crippen LogP contribution in [0.5, 0.6) is 0 Å². The van der Waals surface area contributed by atoms with Gasteiger partial charge < -0.3 is 5.11 Å². The zero-order valence-corrected chi connectivity index (χ0v) is 10.7. The van der Waals surface area contributed by atoms with Crippen LogP contribution in [0.25, 0.3) is 0 Å². The lowest BCUT2D eigenvalue weighted by molar-refractivity contribution is 0.0695. The molecule has 6 nitrogen and oxygen atoms in total. The zero-order chi connectivity index (χ0) is 14.2. The number of sulfonamides is 1. The first-order valence-corrected chi connectivity index (χ1v) is 6.67. The highest BCUT2D eigenvalue weighted by Crippen LogP contribution is 2.30. The Morgan fingerprint density at radius 3 is 2.68 bits per heavy atom. The van der Waals surface area contributed by atoms with Crippen molar-refractivity contribution in [1.82, 2.24) is 4.31 Å². The lowest BCUT2D eigenvalue weighted by atomic mass is 10.1. The second kappa shape index (κ2) is 4.40. The van der Waals surface area contributed by atoms with Crippen LogP contribution in [0.2, 0.25) is 0 Å². The summed E-state index contributed by atoms with van der Waals surface area (Å²) < 4.78 is 24.9. The van der Waals surface area contributed by atoms with Crippen LogP contribution in [-0.4, -0.2) is 36.3 Å². The number of carbonyl (C=O) groups excluding carboxylic acids is 1. The normalized spacial score (nSPS) is 15.6. The molecule has 0 radical (unpaired) electrons. The Balaban J connectivity index is 2.60. The van der Waals surface area contributed by atoms with E-state index in [1.165, 1.54) is 19.1 Å². The summed E-state index contributed by atoms with van der Waals surface area (Å²) in [5, 5.41) is 8.84. The van der Waals surface area contributed by atoms with Gasteiger partial charge in [0.15, 0.2) is 0 Å². The fourth-order valence-corrected chi connectivity index (χ4v) is 3.21. The van der Waals surface area contributed by atoms with Crippen molar-refractivity contribution >= 4 is 21.9 Å². The lowest BCUT2D eigenvalue weighted by Crippen LogP contribution is -2.30. The van der Waals surface area contributed by atoms with Crippen molar-refractivity contribution in [3.8, 4) is 11.8 Å². The number of rotatable bonds is 2. The summed E-state index contributed by atoms with van der Waals surface area (Å²) in [5.41, 5.74) is -0.207. The highest BCUT2D eigenvalue weighted by Gasteiger charge is 2.41. The largest absolute Gasteiger partial charge is 0.478 e. The van der Waals surface area contributed by atoms with Gasteiger partial charge >= 0.3 is 5.97 Å². The van der Waals surface area contributed by atoms with Gasteiger partial charge in [0.25, 0.3) is 15.9 Å². The summed E-state index contributed by atoms with van der Waals surface area (Å²) in [5.74, 6) is 3.08. The highest BCUT2D eigenvalue weighted by atomic mass is 32.2. The molecule has 0 fully saturated rings. The van der Waals surface area contributed by atoms with E-state index in [2.05, 4.69) is 11.8 Å². The summed E-state index contributed by atoms with van der Waals surface area (Å²) in [7, 11) is -4.01. The molecule has 1 aromatic rings. The standard InChI is InChI=1S/C12H9NO5S/c1-2-3-6-13-11(14)9-5-4-8(12(15)16)7-10(9)19(13,17)18/h4-5,7H,6H2,1H3,(H,15,16). The van der Waals surface area contributed by atoms with Crippen molar-refractivity contribution in [1.29, 1.82) is 0 Å². The molecule has 0 saturated heterocycles. The van der Waals surface area contributed by atoms with Crippen LogP contribution in [0.1, 0.15) is 27.6 Å². The minimum Gasteiger partial charge on any atom is -0.478 e. The van der Waals surface area contributed by atoms with Gasteiger partial charge in [-0.3, -0.25) is 4.79 Å². The van der Waals surface area contributed by atoms with Gasteiger partial charge in [0, 0.05) is 0 Å². The number of aromatic carboxylic acids is 1. The number of amides is 1. The Labute approximate surface area is 109 Å². The summed E-state index contributed by atoms with van der Waals surface area (Å²) in [6.45, 7) is 1.29. The Morgan fingerprint density at radius 1 is 1.42 bits per heavy atom. The van der Waals surface area contributed by atoms with Gasteiger partial charge in [-0.2, -0.15) is 0 Å². The number of hydrogen-bond acceptors (Lipinski definition) is 4. The molecule has 1 aliphatic rings. The van der Waals surface area contributed by atoms with Gasteiger partial charge in [0.2, 0.25) is 0 Å². The van der Waals surface area contributed by atoms with Crippen LogP contribution in [0.4, 0.5) is 0 Å². The van der Waals surface area contributed by atoms with E-state index in [-0.39, 0.29) is 22.6 Å². The van der Waals surface area contributed by atoms with E-state index in [0.717, 1.165) is 6.07 Å². The SMILES string of the molecule is CC#CCN1C(=O)c2ccc(C(=O)O)cc2S1(=O)=O. The van der Waals surface area contributed by atoms with E-state index < -0.39 is 21.9 Å². The molecule has 1 aromatic carbocycles. The monoisotopic (exact) mass is 279 g/mol. The molecule has 1 N–H and O–H groups in total. The molecule has 19 heavy (non-hydrogen) atoms. The number of carboxylic acid groups (broad SMARTS) is 1. The zero-order valence-electron chi connectivity index (χ0n) is 9.87. The molecule has 0 aliphatic carbocycles.